The number of rotatable bonds is 6. The fraction of sp³-hybridized carbons (Fsp3) is 0.174. The summed E-state index contributed by atoms with van der Waals surface area (Å²) < 4.78 is 54.7. The van der Waals surface area contributed by atoms with E-state index in [0.717, 1.165) is 23.9 Å². The van der Waals surface area contributed by atoms with Gasteiger partial charge in [-0.15, -0.1) is 0 Å². The van der Waals surface area contributed by atoms with Crippen molar-refractivity contribution in [3.8, 4) is 11.1 Å². The molecule has 0 saturated carbocycles. The largest absolute Gasteiger partial charge is 0.416 e. The highest BCUT2D eigenvalue weighted by Gasteiger charge is 2.30. The summed E-state index contributed by atoms with van der Waals surface area (Å²) in [5.41, 5.74) is 1.22. The Balaban J connectivity index is 1.41. The van der Waals surface area contributed by atoms with Gasteiger partial charge < -0.3 is 5.32 Å². The Hall–Kier alpha value is -4.15. The maximum Gasteiger partial charge on any atom is 0.416 e. The van der Waals surface area contributed by atoms with Crippen LogP contribution >= 0.6 is 0 Å². The number of halogens is 4. The van der Waals surface area contributed by atoms with Crippen LogP contribution in [0.1, 0.15) is 22.5 Å². The van der Waals surface area contributed by atoms with Crippen LogP contribution in [-0.2, 0) is 30.9 Å². The molecule has 1 aromatic carbocycles. The molecular weight excluding hydrogens is 452 g/mol. The van der Waals surface area contributed by atoms with Gasteiger partial charge in [0.15, 0.2) is 0 Å². The molecule has 11 heteroatoms. The van der Waals surface area contributed by atoms with Gasteiger partial charge in [0, 0.05) is 43.8 Å². The van der Waals surface area contributed by atoms with Gasteiger partial charge in [-0.1, -0.05) is 12.1 Å². The number of amides is 1. The van der Waals surface area contributed by atoms with Crippen molar-refractivity contribution < 1.29 is 22.4 Å². The van der Waals surface area contributed by atoms with Crippen molar-refractivity contribution >= 4 is 11.7 Å². The van der Waals surface area contributed by atoms with E-state index in [2.05, 4.69) is 25.4 Å². The Morgan fingerprint density at radius 2 is 1.79 bits per heavy atom. The molecule has 0 unspecified atom stereocenters. The van der Waals surface area contributed by atoms with Crippen LogP contribution in [0.5, 0.6) is 0 Å². The van der Waals surface area contributed by atoms with Gasteiger partial charge in [-0.2, -0.15) is 18.3 Å². The molecule has 0 aliphatic heterocycles. The first-order valence-corrected chi connectivity index (χ1v) is 10.1. The van der Waals surface area contributed by atoms with Gasteiger partial charge in [0.05, 0.1) is 18.2 Å². The second kappa shape index (κ2) is 9.38. The number of anilines is 1. The Labute approximate surface area is 191 Å². The second-order valence-electron chi connectivity index (χ2n) is 7.55. The van der Waals surface area contributed by atoms with Crippen molar-refractivity contribution in [2.24, 2.45) is 7.05 Å². The maximum atomic E-state index is 14.6. The fourth-order valence-corrected chi connectivity index (χ4v) is 3.25. The Morgan fingerprint density at radius 1 is 1.03 bits per heavy atom. The molecule has 174 valence electrons. The van der Waals surface area contributed by atoms with Gasteiger partial charge in [0.1, 0.15) is 17.5 Å². The van der Waals surface area contributed by atoms with Gasteiger partial charge in [0.2, 0.25) is 5.91 Å². The third kappa shape index (κ3) is 5.61. The van der Waals surface area contributed by atoms with Crippen LogP contribution in [0.25, 0.3) is 11.1 Å². The van der Waals surface area contributed by atoms with Crippen molar-refractivity contribution in [3.63, 3.8) is 0 Å². The van der Waals surface area contributed by atoms with E-state index in [4.69, 9.17) is 0 Å². The lowest BCUT2D eigenvalue weighted by Crippen LogP contribution is -2.17. The van der Waals surface area contributed by atoms with E-state index in [-0.39, 0.29) is 17.8 Å². The first-order valence-electron chi connectivity index (χ1n) is 10.1. The van der Waals surface area contributed by atoms with Gasteiger partial charge in [0.25, 0.3) is 0 Å². The first-order chi connectivity index (χ1) is 16.2. The molecule has 0 bridgehead atoms. The number of hydrogen-bond donors (Lipinski definition) is 1. The van der Waals surface area contributed by atoms with Gasteiger partial charge in [-0.3, -0.25) is 9.48 Å². The monoisotopic (exact) mass is 470 g/mol. The maximum absolute atomic E-state index is 14.6. The predicted molar refractivity (Wildman–Crippen MR) is 115 cm³/mol. The van der Waals surface area contributed by atoms with E-state index in [0.29, 0.717) is 23.4 Å². The Morgan fingerprint density at radius 3 is 2.44 bits per heavy atom. The van der Waals surface area contributed by atoms with Gasteiger partial charge >= 0.3 is 6.18 Å². The number of aryl methyl sites for hydroxylation is 1. The van der Waals surface area contributed by atoms with Crippen LogP contribution in [0.15, 0.2) is 61.3 Å². The summed E-state index contributed by atoms with van der Waals surface area (Å²) in [7, 11) is 1.82. The van der Waals surface area contributed by atoms with Crippen LogP contribution in [0.2, 0.25) is 0 Å². The molecule has 0 aliphatic carbocycles. The lowest BCUT2D eigenvalue weighted by molar-refractivity contribution is -0.137. The topological polar surface area (TPSA) is 85.6 Å². The normalized spacial score (nSPS) is 11.4. The summed E-state index contributed by atoms with van der Waals surface area (Å²) in [6, 6.07) is 5.82. The number of carbonyl (C=O) groups excluding carboxylic acids is 1. The number of nitrogens with zero attached hydrogens (tertiary/aromatic N) is 5. The van der Waals surface area contributed by atoms with E-state index in [9.17, 15) is 22.4 Å². The first kappa shape index (κ1) is 23.0. The summed E-state index contributed by atoms with van der Waals surface area (Å²) in [6.45, 7) is 0. The minimum Gasteiger partial charge on any atom is -0.310 e. The van der Waals surface area contributed by atoms with Crippen LogP contribution in [0, 0.1) is 5.82 Å². The Kier molecular flexibility index (Phi) is 6.35. The molecule has 1 N–H and O–H groups in total. The molecule has 0 saturated heterocycles. The zero-order valence-electron chi connectivity index (χ0n) is 17.8. The number of pyridine rings is 1. The minimum atomic E-state index is -4.56. The van der Waals surface area contributed by atoms with Crippen LogP contribution in [-0.4, -0.2) is 30.6 Å². The number of nitrogens with one attached hydrogen (secondary N) is 1. The molecule has 0 spiro atoms. The Bertz CT molecular complexity index is 1320. The lowest BCUT2D eigenvalue weighted by Gasteiger charge is -2.10. The predicted octanol–water partition coefficient (Wildman–Crippen LogP) is 4.20. The molecule has 0 aliphatic rings. The standard InChI is InChI=1S/C23H18F4N6O/c1-33-13-14(10-31-33)6-20-29-11-17(12-30-20)15-2-3-16(19(24)7-15)8-22(34)32-21-9-18(4-5-28-21)23(25,26)27/h2-5,7,9-13H,6,8H2,1H3,(H,28,32,34). The summed E-state index contributed by atoms with van der Waals surface area (Å²) in [5, 5.41) is 6.36. The molecule has 0 radical (unpaired) electrons. The smallest absolute Gasteiger partial charge is 0.310 e. The van der Waals surface area contributed by atoms with Crippen molar-refractivity contribution in [2.45, 2.75) is 19.0 Å². The van der Waals surface area contributed by atoms with Gasteiger partial charge in [-0.05, 0) is 34.9 Å². The van der Waals surface area contributed by atoms with E-state index < -0.39 is 23.5 Å². The molecule has 4 aromatic rings. The van der Waals surface area contributed by atoms with E-state index in [1.54, 1.807) is 29.3 Å². The number of benzene rings is 1. The number of hydrogen-bond acceptors (Lipinski definition) is 5. The molecule has 34 heavy (non-hydrogen) atoms. The summed E-state index contributed by atoms with van der Waals surface area (Å²) in [6.07, 6.45) is 3.28. The summed E-state index contributed by atoms with van der Waals surface area (Å²) >= 11 is 0. The minimum absolute atomic E-state index is 0.0855. The highest BCUT2D eigenvalue weighted by Crippen LogP contribution is 2.30. The molecule has 0 fully saturated rings. The average Bonchev–Trinajstić information content (AvgIpc) is 3.20. The molecule has 4 rings (SSSR count). The van der Waals surface area contributed by atoms with Crippen LogP contribution in [0.3, 0.4) is 0 Å². The molecule has 3 heterocycles. The third-order valence-electron chi connectivity index (χ3n) is 4.92. The van der Waals surface area contributed by atoms with Crippen molar-refractivity contribution in [1.82, 2.24) is 24.7 Å². The SMILES string of the molecule is Cn1cc(Cc2ncc(-c3ccc(CC(=O)Nc4cc(C(F)(F)F)ccn4)c(F)c3)cn2)cn1. The molecule has 3 aromatic heterocycles. The zero-order valence-corrected chi connectivity index (χ0v) is 17.8. The van der Waals surface area contributed by atoms with Gasteiger partial charge in [-0.25, -0.2) is 19.3 Å². The van der Waals surface area contributed by atoms with Crippen molar-refractivity contribution in [2.75, 3.05) is 5.32 Å². The van der Waals surface area contributed by atoms with E-state index in [1.165, 1.54) is 12.1 Å². The van der Waals surface area contributed by atoms with Crippen molar-refractivity contribution in [1.29, 1.82) is 0 Å². The summed E-state index contributed by atoms with van der Waals surface area (Å²) in [4.78, 5) is 24.5. The van der Waals surface area contributed by atoms with Crippen molar-refractivity contribution in [3.05, 3.63) is 89.6 Å². The lowest BCUT2D eigenvalue weighted by atomic mass is 10.0. The van der Waals surface area contributed by atoms with E-state index >= 15 is 0 Å². The molecule has 0 atom stereocenters. The molecular formula is C23H18F4N6O. The zero-order chi connectivity index (χ0) is 24.3. The summed E-state index contributed by atoms with van der Waals surface area (Å²) in [5.74, 6) is -1.00. The highest BCUT2D eigenvalue weighted by molar-refractivity contribution is 5.91. The number of aromatic nitrogens is 5. The van der Waals surface area contributed by atoms with Crippen LogP contribution in [0.4, 0.5) is 23.4 Å². The third-order valence-corrected chi connectivity index (χ3v) is 4.92. The molecule has 7 nitrogen and oxygen atoms in total. The molecule has 1 amide bonds. The number of carbonyl (C=O) groups is 1. The highest BCUT2D eigenvalue weighted by atomic mass is 19.4. The second-order valence-corrected chi connectivity index (χ2v) is 7.55. The fourth-order valence-electron chi connectivity index (χ4n) is 3.25. The quantitative estimate of drug-likeness (QED) is 0.427. The van der Waals surface area contributed by atoms with E-state index in [1.807, 2.05) is 13.2 Å². The van der Waals surface area contributed by atoms with Crippen LogP contribution < -0.4 is 5.32 Å². The number of alkyl halides is 3. The average molecular weight is 470 g/mol.